The molecular formula is C17H22N4O. The molecular weight excluding hydrogens is 276 g/mol. The topological polar surface area (TPSA) is 59.3 Å². The molecule has 0 aliphatic heterocycles. The molecule has 1 heterocycles. The second-order valence-corrected chi connectivity index (χ2v) is 5.86. The van der Waals surface area contributed by atoms with Crippen LogP contribution >= 0.6 is 0 Å². The lowest BCUT2D eigenvalue weighted by Gasteiger charge is -2.20. The van der Waals surface area contributed by atoms with Crippen LogP contribution in [0.15, 0.2) is 34.2 Å². The molecule has 1 fully saturated rings. The molecule has 1 atom stereocenters. The number of aromatic nitrogens is 2. The minimum atomic E-state index is -0.0208. The summed E-state index contributed by atoms with van der Waals surface area (Å²) in [4.78, 5) is 17.1. The molecule has 0 amide bonds. The largest absolute Gasteiger partial charge is 0.277 e. The molecule has 5 nitrogen and oxygen atoms in total. The van der Waals surface area contributed by atoms with Crippen molar-refractivity contribution in [2.24, 2.45) is 11.0 Å². The Bertz CT molecular complexity index is 763. The van der Waals surface area contributed by atoms with Gasteiger partial charge in [0.2, 0.25) is 5.95 Å². The summed E-state index contributed by atoms with van der Waals surface area (Å²) in [7, 11) is 0. The van der Waals surface area contributed by atoms with Gasteiger partial charge in [0.25, 0.3) is 5.56 Å². The van der Waals surface area contributed by atoms with Crippen molar-refractivity contribution < 1.29 is 0 Å². The third-order valence-corrected chi connectivity index (χ3v) is 4.37. The number of anilines is 1. The number of hydrogen-bond acceptors (Lipinski definition) is 4. The van der Waals surface area contributed by atoms with Crippen molar-refractivity contribution in [3.05, 3.63) is 34.6 Å². The van der Waals surface area contributed by atoms with Crippen molar-refractivity contribution in [1.29, 1.82) is 0 Å². The monoisotopic (exact) mass is 298 g/mol. The van der Waals surface area contributed by atoms with Crippen LogP contribution in [-0.2, 0) is 6.54 Å². The first-order chi connectivity index (χ1) is 10.7. The predicted octanol–water partition coefficient (Wildman–Crippen LogP) is 3.39. The molecule has 0 radical (unpaired) electrons. The van der Waals surface area contributed by atoms with E-state index in [1.165, 1.54) is 25.0 Å². The van der Waals surface area contributed by atoms with Crippen LogP contribution < -0.4 is 11.0 Å². The summed E-state index contributed by atoms with van der Waals surface area (Å²) in [5.41, 5.74) is 4.90. The maximum atomic E-state index is 12.5. The van der Waals surface area contributed by atoms with Gasteiger partial charge in [-0.15, -0.1) is 0 Å². The molecule has 1 aromatic heterocycles. The number of nitrogens with zero attached hydrogens (tertiary/aromatic N) is 3. The summed E-state index contributed by atoms with van der Waals surface area (Å²) in [6, 6.07) is 7.43. The lowest BCUT2D eigenvalue weighted by Crippen LogP contribution is -2.24. The Morgan fingerprint density at radius 2 is 2.18 bits per heavy atom. The second-order valence-electron chi connectivity index (χ2n) is 5.86. The fourth-order valence-electron chi connectivity index (χ4n) is 3.00. The van der Waals surface area contributed by atoms with E-state index in [2.05, 4.69) is 22.4 Å². The van der Waals surface area contributed by atoms with E-state index in [1.807, 2.05) is 31.2 Å². The highest BCUT2D eigenvalue weighted by Crippen LogP contribution is 2.21. The number of hydrazone groups is 1. The molecule has 5 heteroatoms. The molecule has 1 aliphatic carbocycles. The molecule has 0 spiro atoms. The highest BCUT2D eigenvalue weighted by atomic mass is 16.1. The molecule has 1 saturated carbocycles. The molecule has 0 unspecified atom stereocenters. The van der Waals surface area contributed by atoms with Crippen molar-refractivity contribution >= 4 is 22.6 Å². The van der Waals surface area contributed by atoms with Crippen LogP contribution in [0.3, 0.4) is 0 Å². The smallest absolute Gasteiger partial charge is 0.262 e. The first kappa shape index (κ1) is 14.8. The Labute approximate surface area is 130 Å². The first-order valence-electron chi connectivity index (χ1n) is 8.02. The van der Waals surface area contributed by atoms with Gasteiger partial charge in [0.15, 0.2) is 0 Å². The first-order valence-corrected chi connectivity index (χ1v) is 8.02. The van der Waals surface area contributed by atoms with Crippen LogP contribution in [0.1, 0.15) is 39.5 Å². The Morgan fingerprint density at radius 1 is 1.36 bits per heavy atom. The van der Waals surface area contributed by atoms with Gasteiger partial charge in [-0.2, -0.15) is 5.10 Å². The number of benzene rings is 1. The van der Waals surface area contributed by atoms with Crippen LogP contribution in [0.4, 0.5) is 5.95 Å². The van der Waals surface area contributed by atoms with Gasteiger partial charge in [-0.1, -0.05) is 25.5 Å². The molecule has 2 aromatic rings. The number of nitrogens with one attached hydrogen (secondary N) is 1. The zero-order valence-corrected chi connectivity index (χ0v) is 13.2. The van der Waals surface area contributed by atoms with E-state index < -0.39 is 0 Å². The van der Waals surface area contributed by atoms with E-state index in [0.717, 1.165) is 6.42 Å². The van der Waals surface area contributed by atoms with Crippen molar-refractivity contribution in [1.82, 2.24) is 9.55 Å². The van der Waals surface area contributed by atoms with E-state index in [0.29, 0.717) is 29.3 Å². The van der Waals surface area contributed by atoms with Crippen LogP contribution in [-0.4, -0.2) is 15.3 Å². The maximum absolute atomic E-state index is 12.5. The third-order valence-electron chi connectivity index (χ3n) is 4.37. The van der Waals surface area contributed by atoms with Gasteiger partial charge in [-0.3, -0.25) is 9.36 Å². The molecule has 3 rings (SSSR count). The number of rotatable bonds is 3. The van der Waals surface area contributed by atoms with Gasteiger partial charge in [-0.25, -0.2) is 10.4 Å². The van der Waals surface area contributed by atoms with E-state index in [9.17, 15) is 4.79 Å². The second kappa shape index (κ2) is 6.30. The average molecular weight is 298 g/mol. The number of hydrogen-bond donors (Lipinski definition) is 1. The lowest BCUT2D eigenvalue weighted by molar-refractivity contribution is 0.558. The molecule has 1 aliphatic rings. The van der Waals surface area contributed by atoms with Gasteiger partial charge in [0.05, 0.1) is 10.9 Å². The summed E-state index contributed by atoms with van der Waals surface area (Å²) in [5.74, 6) is 1.03. The van der Waals surface area contributed by atoms with Crippen LogP contribution in [0.5, 0.6) is 0 Å². The molecule has 0 bridgehead atoms. The van der Waals surface area contributed by atoms with E-state index in [1.54, 1.807) is 4.57 Å². The van der Waals surface area contributed by atoms with Crippen LogP contribution in [0.2, 0.25) is 0 Å². The Balaban J connectivity index is 1.99. The Kier molecular flexibility index (Phi) is 4.22. The normalized spacial score (nSPS) is 20.5. The summed E-state index contributed by atoms with van der Waals surface area (Å²) in [6.45, 7) is 4.72. The fourth-order valence-corrected chi connectivity index (χ4v) is 3.00. The van der Waals surface area contributed by atoms with E-state index in [-0.39, 0.29) is 5.56 Å². The molecule has 1 N–H and O–H groups in total. The molecule has 116 valence electrons. The molecule has 0 saturated heterocycles. The van der Waals surface area contributed by atoms with Crippen molar-refractivity contribution in [3.8, 4) is 0 Å². The fraction of sp³-hybridized carbons (Fsp3) is 0.471. The van der Waals surface area contributed by atoms with E-state index >= 15 is 0 Å². The lowest BCUT2D eigenvalue weighted by atomic mass is 9.89. The van der Waals surface area contributed by atoms with E-state index in [4.69, 9.17) is 0 Å². The highest BCUT2D eigenvalue weighted by Gasteiger charge is 2.16. The zero-order chi connectivity index (χ0) is 15.5. The summed E-state index contributed by atoms with van der Waals surface area (Å²) in [6.07, 6.45) is 4.68. The quantitative estimate of drug-likeness (QED) is 0.884. The van der Waals surface area contributed by atoms with Gasteiger partial charge in [-0.05, 0) is 44.2 Å². The van der Waals surface area contributed by atoms with Crippen molar-refractivity contribution in [2.45, 2.75) is 46.1 Å². The summed E-state index contributed by atoms with van der Waals surface area (Å²) >= 11 is 0. The molecule has 1 aromatic carbocycles. The van der Waals surface area contributed by atoms with Gasteiger partial charge >= 0.3 is 0 Å². The standard InChI is InChI=1S/C17H22N4O/c1-3-21-16(22)13-9-5-7-11-15(13)18-17(21)20-19-14-10-6-4-8-12(14)2/h5,7,9,11-12H,3-4,6,8,10H2,1-2H3,(H,18,20)/b19-14-/t12-/m0/s1. The van der Waals surface area contributed by atoms with Crippen molar-refractivity contribution in [2.75, 3.05) is 5.43 Å². The predicted molar refractivity (Wildman–Crippen MR) is 90.4 cm³/mol. The average Bonchev–Trinajstić information content (AvgIpc) is 2.54. The summed E-state index contributed by atoms with van der Waals surface area (Å²) in [5, 5.41) is 5.18. The summed E-state index contributed by atoms with van der Waals surface area (Å²) < 4.78 is 1.64. The highest BCUT2D eigenvalue weighted by molar-refractivity contribution is 5.87. The third kappa shape index (κ3) is 2.75. The number of fused-ring (bicyclic) bond motifs is 1. The Morgan fingerprint density at radius 3 is 2.95 bits per heavy atom. The van der Waals surface area contributed by atoms with Gasteiger partial charge in [0, 0.05) is 12.3 Å². The SMILES string of the molecule is CCn1c(N/N=C2/CCCC[C@@H]2C)nc2ccccc2c1=O. The van der Waals surface area contributed by atoms with Gasteiger partial charge in [0.1, 0.15) is 0 Å². The molecule has 22 heavy (non-hydrogen) atoms. The van der Waals surface area contributed by atoms with Crippen LogP contribution in [0, 0.1) is 5.92 Å². The maximum Gasteiger partial charge on any atom is 0.262 e. The van der Waals surface area contributed by atoms with Gasteiger partial charge < -0.3 is 0 Å². The minimum Gasteiger partial charge on any atom is -0.277 e. The van der Waals surface area contributed by atoms with Crippen LogP contribution in [0.25, 0.3) is 10.9 Å². The zero-order valence-electron chi connectivity index (χ0n) is 13.2. The van der Waals surface area contributed by atoms with Crippen molar-refractivity contribution in [3.63, 3.8) is 0 Å². The Hall–Kier alpha value is -2.17. The number of para-hydroxylation sites is 1. The minimum absolute atomic E-state index is 0.0208.